The Bertz CT molecular complexity index is 1120. The van der Waals surface area contributed by atoms with E-state index in [9.17, 15) is 9.59 Å². The third-order valence-electron chi connectivity index (χ3n) is 4.71. The van der Waals surface area contributed by atoms with Crippen LogP contribution in [0.2, 0.25) is 0 Å². The number of anilines is 1. The lowest BCUT2D eigenvalue weighted by Gasteiger charge is -2.08. The molecule has 1 amide bonds. The summed E-state index contributed by atoms with van der Waals surface area (Å²) in [4.78, 5) is 29.6. The van der Waals surface area contributed by atoms with Crippen molar-refractivity contribution in [1.29, 1.82) is 0 Å². The topological polar surface area (TPSA) is 82.5 Å². The lowest BCUT2D eigenvalue weighted by atomic mass is 10.1. The first-order valence-corrected chi connectivity index (χ1v) is 8.43. The monoisotopic (exact) mass is 349 g/mol. The molecule has 3 heterocycles. The van der Waals surface area contributed by atoms with Gasteiger partial charge in [-0.2, -0.15) is 0 Å². The Morgan fingerprint density at radius 3 is 2.92 bits per heavy atom. The van der Waals surface area contributed by atoms with Crippen molar-refractivity contribution < 1.29 is 14.3 Å². The van der Waals surface area contributed by atoms with Gasteiger partial charge in [-0.3, -0.25) is 14.2 Å². The molecule has 0 atom stereocenters. The number of aromatic nitrogens is 2. The summed E-state index contributed by atoms with van der Waals surface area (Å²) < 4.78 is 12.3. The lowest BCUT2D eigenvalue weighted by Crippen LogP contribution is -2.21. The summed E-state index contributed by atoms with van der Waals surface area (Å²) in [6.07, 6.45) is 1.72. The van der Waals surface area contributed by atoms with Gasteiger partial charge in [0.1, 0.15) is 5.82 Å². The van der Waals surface area contributed by atoms with E-state index in [1.165, 1.54) is 0 Å². The number of fused-ring (bicyclic) bond motifs is 3. The molecule has 2 aromatic carbocycles. The Kier molecular flexibility index (Phi) is 3.21. The van der Waals surface area contributed by atoms with Crippen molar-refractivity contribution >= 4 is 22.5 Å². The largest absolute Gasteiger partial charge is 0.454 e. The fourth-order valence-corrected chi connectivity index (χ4v) is 3.40. The minimum absolute atomic E-state index is 0.0368. The molecule has 5 rings (SSSR count). The molecule has 7 heteroatoms. The summed E-state index contributed by atoms with van der Waals surface area (Å²) >= 11 is 0. The number of nitrogens with one attached hydrogen (secondary N) is 1. The average Bonchev–Trinajstić information content (AvgIpc) is 3.30. The van der Waals surface area contributed by atoms with Gasteiger partial charge in [0.2, 0.25) is 6.79 Å². The third kappa shape index (κ3) is 2.32. The van der Waals surface area contributed by atoms with E-state index in [0.29, 0.717) is 40.2 Å². The van der Waals surface area contributed by atoms with Gasteiger partial charge in [-0.15, -0.1) is 0 Å². The molecule has 0 saturated heterocycles. The van der Waals surface area contributed by atoms with E-state index in [-0.39, 0.29) is 18.3 Å². The van der Waals surface area contributed by atoms with E-state index in [1.807, 2.05) is 0 Å². The Hall–Kier alpha value is -3.35. The van der Waals surface area contributed by atoms with Crippen LogP contribution in [0.25, 0.3) is 10.9 Å². The zero-order chi connectivity index (χ0) is 17.7. The Morgan fingerprint density at radius 2 is 2.00 bits per heavy atom. The van der Waals surface area contributed by atoms with Crippen LogP contribution in [0.1, 0.15) is 22.6 Å². The van der Waals surface area contributed by atoms with Gasteiger partial charge in [-0.25, -0.2) is 4.98 Å². The predicted molar refractivity (Wildman–Crippen MR) is 94.8 cm³/mol. The number of hydrogen-bond acceptors (Lipinski definition) is 5. The summed E-state index contributed by atoms with van der Waals surface area (Å²) in [7, 11) is 0. The second kappa shape index (κ2) is 5.59. The van der Waals surface area contributed by atoms with E-state index in [0.717, 1.165) is 18.7 Å². The first-order valence-electron chi connectivity index (χ1n) is 8.43. The van der Waals surface area contributed by atoms with Gasteiger partial charge in [-0.05, 0) is 36.8 Å². The van der Waals surface area contributed by atoms with E-state index in [1.54, 1.807) is 41.0 Å². The molecule has 0 bridgehead atoms. The number of benzene rings is 2. The number of nitrogens with zero attached hydrogens (tertiary/aromatic N) is 2. The van der Waals surface area contributed by atoms with Crippen molar-refractivity contribution in [3.05, 3.63) is 58.1 Å². The van der Waals surface area contributed by atoms with Crippen LogP contribution in [-0.4, -0.2) is 22.3 Å². The van der Waals surface area contributed by atoms with Crippen molar-refractivity contribution in [3.63, 3.8) is 0 Å². The van der Waals surface area contributed by atoms with Gasteiger partial charge in [0, 0.05) is 30.3 Å². The molecule has 0 spiro atoms. The van der Waals surface area contributed by atoms with Gasteiger partial charge < -0.3 is 14.8 Å². The van der Waals surface area contributed by atoms with Crippen LogP contribution in [0.5, 0.6) is 11.5 Å². The van der Waals surface area contributed by atoms with Crippen molar-refractivity contribution in [3.8, 4) is 11.5 Å². The zero-order valence-electron chi connectivity index (χ0n) is 13.8. The minimum Gasteiger partial charge on any atom is -0.454 e. The summed E-state index contributed by atoms with van der Waals surface area (Å²) in [5.74, 6) is 1.78. The maximum absolute atomic E-state index is 12.6. The maximum atomic E-state index is 12.6. The highest BCUT2D eigenvalue weighted by atomic mass is 16.7. The van der Waals surface area contributed by atoms with E-state index >= 15 is 0 Å². The van der Waals surface area contributed by atoms with Crippen molar-refractivity contribution in [2.45, 2.75) is 19.4 Å². The van der Waals surface area contributed by atoms with Gasteiger partial charge >= 0.3 is 0 Å². The fraction of sp³-hybridized carbons (Fsp3) is 0.211. The number of ether oxygens (including phenoxy) is 2. The number of amides is 1. The molecule has 0 fully saturated rings. The average molecular weight is 349 g/mol. The van der Waals surface area contributed by atoms with Gasteiger partial charge in [-0.1, -0.05) is 0 Å². The summed E-state index contributed by atoms with van der Waals surface area (Å²) in [6.45, 7) is 0.895. The highest BCUT2D eigenvalue weighted by molar-refractivity contribution is 6.06. The lowest BCUT2D eigenvalue weighted by molar-refractivity contribution is 0.102. The van der Waals surface area contributed by atoms with E-state index < -0.39 is 0 Å². The Labute approximate surface area is 148 Å². The molecule has 2 aliphatic rings. The Morgan fingerprint density at radius 1 is 1.12 bits per heavy atom. The highest BCUT2D eigenvalue weighted by Crippen LogP contribution is 2.34. The minimum atomic E-state index is -0.270. The molecular weight excluding hydrogens is 334 g/mol. The second-order valence-corrected chi connectivity index (χ2v) is 6.34. The predicted octanol–water partition coefficient (Wildman–Crippen LogP) is 2.32. The fourth-order valence-electron chi connectivity index (χ4n) is 3.40. The molecule has 1 N–H and O–H groups in total. The second-order valence-electron chi connectivity index (χ2n) is 6.34. The van der Waals surface area contributed by atoms with Crippen LogP contribution in [0.15, 0.2) is 41.2 Å². The molecule has 1 aromatic heterocycles. The van der Waals surface area contributed by atoms with Crippen LogP contribution in [0, 0.1) is 0 Å². The van der Waals surface area contributed by atoms with Crippen molar-refractivity contribution in [1.82, 2.24) is 9.55 Å². The zero-order valence-corrected chi connectivity index (χ0v) is 13.8. The maximum Gasteiger partial charge on any atom is 0.261 e. The molecule has 0 unspecified atom stereocenters. The van der Waals surface area contributed by atoms with Gasteiger partial charge in [0.25, 0.3) is 11.5 Å². The number of hydrogen-bond donors (Lipinski definition) is 1. The first-order chi connectivity index (χ1) is 12.7. The van der Waals surface area contributed by atoms with Crippen molar-refractivity contribution in [2.75, 3.05) is 12.1 Å². The third-order valence-corrected chi connectivity index (χ3v) is 4.71. The summed E-state index contributed by atoms with van der Waals surface area (Å²) in [5.41, 5.74) is 1.58. The van der Waals surface area contributed by atoms with E-state index in [4.69, 9.17) is 9.47 Å². The Balaban J connectivity index is 1.48. The van der Waals surface area contributed by atoms with Crippen LogP contribution in [0.4, 0.5) is 5.69 Å². The molecule has 0 aliphatic carbocycles. The number of rotatable bonds is 2. The van der Waals surface area contributed by atoms with Crippen LogP contribution in [0.3, 0.4) is 0 Å². The smallest absolute Gasteiger partial charge is 0.261 e. The normalized spacial score (nSPS) is 14.5. The summed E-state index contributed by atoms with van der Waals surface area (Å²) in [6, 6.07) is 10.2. The quantitative estimate of drug-likeness (QED) is 0.768. The molecule has 130 valence electrons. The highest BCUT2D eigenvalue weighted by Gasteiger charge is 2.18. The van der Waals surface area contributed by atoms with Gasteiger partial charge in [0.05, 0.1) is 10.9 Å². The molecule has 26 heavy (non-hydrogen) atoms. The first kappa shape index (κ1) is 14.9. The molecular formula is C19H15N3O4. The van der Waals surface area contributed by atoms with Crippen molar-refractivity contribution in [2.24, 2.45) is 0 Å². The number of carbonyl (C=O) groups excluding carboxylic acids is 1. The molecule has 0 saturated carbocycles. The van der Waals surface area contributed by atoms with Crippen LogP contribution < -0.4 is 20.3 Å². The molecule has 3 aromatic rings. The number of aryl methyl sites for hydroxylation is 1. The standard InChI is InChI=1S/C19H15N3O4/c23-18(20-12-4-6-15-16(9-12)26-10-25-15)11-3-5-13-14(8-11)21-17-2-1-7-22(17)19(13)24/h3-6,8-9H,1-2,7,10H2,(H,20,23). The number of carbonyl (C=O) groups is 1. The molecule has 2 aliphatic heterocycles. The SMILES string of the molecule is O=C(Nc1ccc2c(c1)OCO2)c1ccc2c(=O)n3c(nc2c1)CCC3. The van der Waals surface area contributed by atoms with Gasteiger partial charge in [0.15, 0.2) is 11.5 Å². The van der Waals surface area contributed by atoms with Crippen LogP contribution in [-0.2, 0) is 13.0 Å². The molecule has 0 radical (unpaired) electrons. The molecule has 7 nitrogen and oxygen atoms in total. The summed E-state index contributed by atoms with van der Waals surface area (Å²) in [5, 5.41) is 3.37. The van der Waals surface area contributed by atoms with Crippen LogP contribution >= 0.6 is 0 Å². The van der Waals surface area contributed by atoms with E-state index in [2.05, 4.69) is 10.3 Å².